The van der Waals surface area contributed by atoms with Crippen LogP contribution < -0.4 is 10.6 Å². The monoisotopic (exact) mass is 288 g/mol. The molecular formula is C13H18Cl2N2O. The predicted octanol–water partition coefficient (Wildman–Crippen LogP) is 2.55. The van der Waals surface area contributed by atoms with Gasteiger partial charge in [-0.3, -0.25) is 4.79 Å². The van der Waals surface area contributed by atoms with Gasteiger partial charge in [0.15, 0.2) is 0 Å². The molecule has 5 heteroatoms. The van der Waals surface area contributed by atoms with Crippen molar-refractivity contribution in [2.75, 3.05) is 13.1 Å². The van der Waals surface area contributed by atoms with Crippen molar-refractivity contribution < 1.29 is 4.79 Å². The highest BCUT2D eigenvalue weighted by atomic mass is 35.5. The fourth-order valence-electron chi connectivity index (χ4n) is 2.07. The van der Waals surface area contributed by atoms with E-state index in [1.165, 1.54) is 0 Å². The third-order valence-corrected chi connectivity index (χ3v) is 3.35. The van der Waals surface area contributed by atoms with Crippen LogP contribution in [0.3, 0.4) is 0 Å². The smallest absolute Gasteiger partial charge is 0.251 e. The Hall–Kier alpha value is -0.770. The molecule has 0 bridgehead atoms. The van der Waals surface area contributed by atoms with Crippen LogP contribution in [0.4, 0.5) is 0 Å². The van der Waals surface area contributed by atoms with Crippen LogP contribution in [-0.4, -0.2) is 25.0 Å². The molecule has 1 aliphatic rings. The van der Waals surface area contributed by atoms with Gasteiger partial charge < -0.3 is 10.6 Å². The average Bonchev–Trinajstić information content (AvgIpc) is 2.33. The molecule has 0 spiro atoms. The third kappa shape index (κ3) is 3.87. The quantitative estimate of drug-likeness (QED) is 0.878. The first kappa shape index (κ1) is 15.3. The van der Waals surface area contributed by atoms with Crippen molar-refractivity contribution in [1.82, 2.24) is 10.6 Å². The number of halogens is 2. The summed E-state index contributed by atoms with van der Waals surface area (Å²) in [6.45, 7) is 3.87. The van der Waals surface area contributed by atoms with Crippen LogP contribution in [0.1, 0.15) is 28.8 Å². The Labute approximate surface area is 119 Å². The average molecular weight is 289 g/mol. The highest BCUT2D eigenvalue weighted by Crippen LogP contribution is 2.16. The van der Waals surface area contributed by atoms with Gasteiger partial charge in [-0.1, -0.05) is 17.7 Å². The number of hydrogen-bond acceptors (Lipinski definition) is 2. The lowest BCUT2D eigenvalue weighted by molar-refractivity contribution is 0.0929. The first-order valence-electron chi connectivity index (χ1n) is 5.94. The number of rotatable bonds is 2. The van der Waals surface area contributed by atoms with E-state index >= 15 is 0 Å². The molecule has 1 aromatic rings. The highest BCUT2D eigenvalue weighted by Gasteiger charge is 2.17. The molecule has 0 unspecified atom stereocenters. The van der Waals surface area contributed by atoms with Crippen molar-refractivity contribution in [2.24, 2.45) is 0 Å². The van der Waals surface area contributed by atoms with E-state index in [1.807, 2.05) is 13.0 Å². The summed E-state index contributed by atoms with van der Waals surface area (Å²) in [5, 5.41) is 6.94. The number of hydrogen-bond donors (Lipinski definition) is 2. The van der Waals surface area contributed by atoms with E-state index < -0.39 is 0 Å². The highest BCUT2D eigenvalue weighted by molar-refractivity contribution is 6.31. The van der Waals surface area contributed by atoms with Crippen LogP contribution >= 0.6 is 24.0 Å². The molecule has 18 heavy (non-hydrogen) atoms. The Morgan fingerprint density at radius 2 is 2.06 bits per heavy atom. The Balaban J connectivity index is 0.00000162. The molecule has 3 nitrogen and oxygen atoms in total. The Morgan fingerprint density at radius 1 is 1.39 bits per heavy atom. The van der Waals surface area contributed by atoms with Gasteiger partial charge in [-0.15, -0.1) is 12.4 Å². The van der Waals surface area contributed by atoms with E-state index in [0.29, 0.717) is 10.6 Å². The van der Waals surface area contributed by atoms with Crippen molar-refractivity contribution in [1.29, 1.82) is 0 Å². The fourth-order valence-corrected chi connectivity index (χ4v) is 2.24. The third-order valence-electron chi connectivity index (χ3n) is 3.12. The van der Waals surface area contributed by atoms with Gasteiger partial charge in [-0.2, -0.15) is 0 Å². The first-order valence-corrected chi connectivity index (χ1v) is 6.32. The van der Waals surface area contributed by atoms with Crippen LogP contribution in [-0.2, 0) is 0 Å². The van der Waals surface area contributed by atoms with E-state index in [4.69, 9.17) is 11.6 Å². The number of aryl methyl sites for hydroxylation is 1. The molecule has 1 fully saturated rings. The Bertz CT molecular complexity index is 417. The number of piperidine rings is 1. The van der Waals surface area contributed by atoms with Crippen molar-refractivity contribution in [2.45, 2.75) is 25.8 Å². The maximum absolute atomic E-state index is 12.1. The lowest BCUT2D eigenvalue weighted by Gasteiger charge is -2.24. The summed E-state index contributed by atoms with van der Waals surface area (Å²) in [4.78, 5) is 12.1. The van der Waals surface area contributed by atoms with Gasteiger partial charge in [0.25, 0.3) is 5.91 Å². The molecule has 2 N–H and O–H groups in total. The van der Waals surface area contributed by atoms with Crippen molar-refractivity contribution in [3.63, 3.8) is 0 Å². The zero-order valence-corrected chi connectivity index (χ0v) is 11.9. The second-order valence-electron chi connectivity index (χ2n) is 4.46. The van der Waals surface area contributed by atoms with Crippen LogP contribution in [0.2, 0.25) is 5.02 Å². The Morgan fingerprint density at radius 3 is 2.72 bits per heavy atom. The molecular weight excluding hydrogens is 271 g/mol. The van der Waals surface area contributed by atoms with Crippen molar-refractivity contribution >= 4 is 29.9 Å². The van der Waals surface area contributed by atoms with Crippen LogP contribution in [0.25, 0.3) is 0 Å². The summed E-state index contributed by atoms with van der Waals surface area (Å²) in [7, 11) is 0. The summed E-state index contributed by atoms with van der Waals surface area (Å²) in [6.07, 6.45) is 1.98. The number of carbonyl (C=O) groups is 1. The zero-order valence-electron chi connectivity index (χ0n) is 10.3. The lowest BCUT2D eigenvalue weighted by Crippen LogP contribution is -2.42. The van der Waals surface area contributed by atoms with Gasteiger partial charge in [0, 0.05) is 16.6 Å². The van der Waals surface area contributed by atoms with Crippen molar-refractivity contribution in [3.05, 3.63) is 34.3 Å². The minimum absolute atomic E-state index is 0. The molecule has 0 radical (unpaired) electrons. The van der Waals surface area contributed by atoms with Crippen molar-refractivity contribution in [3.8, 4) is 0 Å². The number of amides is 1. The van der Waals surface area contributed by atoms with Gasteiger partial charge in [0.2, 0.25) is 0 Å². The van der Waals surface area contributed by atoms with E-state index in [2.05, 4.69) is 10.6 Å². The van der Waals surface area contributed by atoms with E-state index in [9.17, 15) is 4.79 Å². The number of benzene rings is 1. The molecule has 100 valence electrons. The maximum Gasteiger partial charge on any atom is 0.251 e. The van der Waals surface area contributed by atoms with Gasteiger partial charge in [-0.25, -0.2) is 0 Å². The summed E-state index contributed by atoms with van der Waals surface area (Å²) in [6, 6.07) is 5.69. The molecule has 0 aromatic heterocycles. The predicted molar refractivity (Wildman–Crippen MR) is 76.8 cm³/mol. The van der Waals surface area contributed by atoms with Gasteiger partial charge in [-0.05, 0) is 50.6 Å². The number of carbonyl (C=O) groups excluding carboxylic acids is 1. The topological polar surface area (TPSA) is 41.1 Å². The largest absolute Gasteiger partial charge is 0.349 e. The summed E-state index contributed by atoms with van der Waals surface area (Å²) in [5.74, 6) is -0.0168. The summed E-state index contributed by atoms with van der Waals surface area (Å²) < 4.78 is 0. The van der Waals surface area contributed by atoms with Crippen LogP contribution in [0.5, 0.6) is 0 Å². The van der Waals surface area contributed by atoms with Crippen LogP contribution in [0, 0.1) is 6.92 Å². The summed E-state index contributed by atoms with van der Waals surface area (Å²) >= 11 is 5.91. The first-order chi connectivity index (χ1) is 8.16. The fraction of sp³-hybridized carbons (Fsp3) is 0.462. The lowest BCUT2D eigenvalue weighted by atomic mass is 10.0. The Kier molecular flexibility index (Phi) is 5.93. The molecule has 1 amide bonds. The van der Waals surface area contributed by atoms with Crippen LogP contribution in [0.15, 0.2) is 18.2 Å². The molecule has 0 saturated carbocycles. The maximum atomic E-state index is 12.1. The molecule has 0 aliphatic carbocycles. The van der Waals surface area contributed by atoms with E-state index in [1.54, 1.807) is 12.1 Å². The molecule has 1 aromatic carbocycles. The number of nitrogens with one attached hydrogen (secondary N) is 2. The summed E-state index contributed by atoms with van der Waals surface area (Å²) in [5.41, 5.74) is 1.64. The second kappa shape index (κ2) is 6.98. The van der Waals surface area contributed by atoms with E-state index in [0.717, 1.165) is 31.5 Å². The minimum atomic E-state index is -0.0168. The van der Waals surface area contributed by atoms with Gasteiger partial charge >= 0.3 is 0 Å². The second-order valence-corrected chi connectivity index (χ2v) is 4.89. The molecule has 2 rings (SSSR count). The molecule has 1 aliphatic heterocycles. The van der Waals surface area contributed by atoms with E-state index in [-0.39, 0.29) is 24.4 Å². The standard InChI is InChI=1S/C13H17ClN2O.ClH/c1-9-2-3-10(14)8-12(9)13(17)16-11-4-6-15-7-5-11;/h2-3,8,11,15H,4-7H2,1H3,(H,16,17);1H. The SMILES string of the molecule is Cc1ccc(Cl)cc1C(=O)NC1CCNCC1.Cl. The van der Waals surface area contributed by atoms with Gasteiger partial charge in [0.05, 0.1) is 0 Å². The van der Waals surface area contributed by atoms with Gasteiger partial charge in [0.1, 0.15) is 0 Å². The minimum Gasteiger partial charge on any atom is -0.349 e. The normalized spacial score (nSPS) is 15.9. The molecule has 1 saturated heterocycles. The zero-order chi connectivity index (χ0) is 12.3. The molecule has 1 heterocycles. The molecule has 0 atom stereocenters.